The smallest absolute Gasteiger partial charge is 0.335 e. The number of aromatic nitrogens is 2. The van der Waals surface area contributed by atoms with E-state index in [4.69, 9.17) is 9.84 Å². The van der Waals surface area contributed by atoms with Gasteiger partial charge in [0, 0.05) is 12.4 Å². The Morgan fingerprint density at radius 3 is 2.40 bits per heavy atom. The lowest BCUT2D eigenvalue weighted by Crippen LogP contribution is -2.21. The van der Waals surface area contributed by atoms with Gasteiger partial charge in [0.2, 0.25) is 5.95 Å². The highest BCUT2D eigenvalue weighted by Gasteiger charge is 2.06. The third kappa shape index (κ3) is 3.77. The molecule has 0 radical (unpaired) electrons. The lowest BCUT2D eigenvalue weighted by Gasteiger charge is -2.06. The zero-order valence-corrected chi connectivity index (χ0v) is 10.3. The summed E-state index contributed by atoms with van der Waals surface area (Å²) in [5.41, 5.74) is 0.152. The van der Waals surface area contributed by atoms with E-state index in [1.165, 1.54) is 36.7 Å². The van der Waals surface area contributed by atoms with Crippen LogP contribution in [0, 0.1) is 0 Å². The third-order valence-electron chi connectivity index (χ3n) is 2.29. The molecule has 2 aromatic rings. The van der Waals surface area contributed by atoms with Gasteiger partial charge in [0.05, 0.1) is 5.56 Å². The lowest BCUT2D eigenvalue weighted by molar-refractivity contribution is -0.118. The summed E-state index contributed by atoms with van der Waals surface area (Å²) in [6, 6.07) is 7.40. The Balaban J connectivity index is 1.85. The van der Waals surface area contributed by atoms with Crippen LogP contribution in [-0.2, 0) is 4.79 Å². The van der Waals surface area contributed by atoms with E-state index in [9.17, 15) is 9.59 Å². The molecule has 0 atom stereocenters. The van der Waals surface area contributed by atoms with E-state index in [1.54, 1.807) is 6.07 Å². The molecule has 1 aromatic carbocycles. The fourth-order valence-corrected chi connectivity index (χ4v) is 1.37. The molecule has 102 valence electrons. The van der Waals surface area contributed by atoms with Gasteiger partial charge in [-0.25, -0.2) is 14.8 Å². The molecule has 2 rings (SSSR count). The zero-order valence-electron chi connectivity index (χ0n) is 10.3. The molecule has 1 aromatic heterocycles. The van der Waals surface area contributed by atoms with E-state index in [2.05, 4.69) is 15.3 Å². The number of benzene rings is 1. The second-order valence-electron chi connectivity index (χ2n) is 3.74. The summed E-state index contributed by atoms with van der Waals surface area (Å²) in [7, 11) is 0. The topological polar surface area (TPSA) is 101 Å². The van der Waals surface area contributed by atoms with Gasteiger partial charge in [-0.3, -0.25) is 10.1 Å². The van der Waals surface area contributed by atoms with Crippen molar-refractivity contribution < 1.29 is 19.4 Å². The minimum atomic E-state index is -1.02. The summed E-state index contributed by atoms with van der Waals surface area (Å²) >= 11 is 0. The van der Waals surface area contributed by atoms with E-state index < -0.39 is 11.9 Å². The quantitative estimate of drug-likeness (QED) is 0.848. The molecule has 20 heavy (non-hydrogen) atoms. The highest BCUT2D eigenvalue weighted by molar-refractivity contribution is 5.90. The molecular formula is C13H11N3O4. The third-order valence-corrected chi connectivity index (χ3v) is 2.29. The number of nitrogens with zero attached hydrogens (tertiary/aromatic N) is 2. The minimum absolute atomic E-state index is 0.152. The Morgan fingerprint density at radius 2 is 1.80 bits per heavy atom. The van der Waals surface area contributed by atoms with Crippen molar-refractivity contribution in [1.29, 1.82) is 0 Å². The molecule has 0 fully saturated rings. The average Bonchev–Trinajstić information content (AvgIpc) is 2.46. The van der Waals surface area contributed by atoms with Crippen molar-refractivity contribution in [3.05, 3.63) is 48.3 Å². The number of hydrogen-bond donors (Lipinski definition) is 2. The highest BCUT2D eigenvalue weighted by Crippen LogP contribution is 2.12. The number of nitrogens with one attached hydrogen (secondary N) is 1. The van der Waals surface area contributed by atoms with Crippen LogP contribution in [0.4, 0.5) is 5.95 Å². The first-order valence-corrected chi connectivity index (χ1v) is 5.68. The maximum Gasteiger partial charge on any atom is 0.335 e. The molecule has 2 N–H and O–H groups in total. The van der Waals surface area contributed by atoms with Crippen molar-refractivity contribution in [3.63, 3.8) is 0 Å². The van der Waals surface area contributed by atoms with Crippen molar-refractivity contribution in [2.75, 3.05) is 11.9 Å². The Morgan fingerprint density at radius 1 is 1.15 bits per heavy atom. The number of carbonyl (C=O) groups excluding carboxylic acids is 1. The number of carbonyl (C=O) groups is 2. The number of amides is 1. The monoisotopic (exact) mass is 273 g/mol. The molecule has 0 aliphatic rings. The Kier molecular flexibility index (Phi) is 4.23. The minimum Gasteiger partial charge on any atom is -0.484 e. The molecule has 0 unspecified atom stereocenters. The number of carboxylic acids is 1. The number of ether oxygens (including phenoxy) is 1. The Bertz CT molecular complexity index is 599. The van der Waals surface area contributed by atoms with Crippen molar-refractivity contribution in [2.45, 2.75) is 0 Å². The second-order valence-corrected chi connectivity index (χ2v) is 3.74. The number of anilines is 1. The van der Waals surface area contributed by atoms with Crippen LogP contribution in [0.25, 0.3) is 0 Å². The van der Waals surface area contributed by atoms with Crippen LogP contribution in [0.2, 0.25) is 0 Å². The predicted molar refractivity (Wildman–Crippen MR) is 69.6 cm³/mol. The fraction of sp³-hybridized carbons (Fsp3) is 0.0769. The summed E-state index contributed by atoms with van der Waals surface area (Å²) in [5, 5.41) is 11.2. The van der Waals surface area contributed by atoms with Crippen molar-refractivity contribution >= 4 is 17.8 Å². The molecule has 1 heterocycles. The van der Waals surface area contributed by atoms with Crippen LogP contribution in [-0.4, -0.2) is 33.6 Å². The molecule has 1 amide bonds. The van der Waals surface area contributed by atoms with Gasteiger partial charge >= 0.3 is 5.97 Å². The number of rotatable bonds is 5. The predicted octanol–water partition coefficient (Wildman–Crippen LogP) is 1.19. The van der Waals surface area contributed by atoms with Crippen molar-refractivity contribution in [2.24, 2.45) is 0 Å². The van der Waals surface area contributed by atoms with E-state index in [-0.39, 0.29) is 18.1 Å². The van der Waals surface area contributed by atoms with Crippen LogP contribution in [0.5, 0.6) is 5.75 Å². The van der Waals surface area contributed by atoms with Gasteiger partial charge in [-0.15, -0.1) is 0 Å². The molecular weight excluding hydrogens is 262 g/mol. The fourth-order valence-electron chi connectivity index (χ4n) is 1.37. The normalized spacial score (nSPS) is 9.80. The van der Waals surface area contributed by atoms with Gasteiger partial charge in [-0.1, -0.05) is 0 Å². The van der Waals surface area contributed by atoms with E-state index in [1.807, 2.05) is 0 Å². The van der Waals surface area contributed by atoms with E-state index in [0.29, 0.717) is 5.75 Å². The van der Waals surface area contributed by atoms with Crippen LogP contribution in [0.3, 0.4) is 0 Å². The van der Waals surface area contributed by atoms with Gasteiger partial charge in [0.15, 0.2) is 6.61 Å². The maximum atomic E-state index is 11.6. The van der Waals surface area contributed by atoms with Gasteiger partial charge in [0.1, 0.15) is 5.75 Å². The summed E-state index contributed by atoms with van der Waals surface area (Å²) in [6.45, 7) is -0.218. The van der Waals surface area contributed by atoms with Crippen LogP contribution < -0.4 is 10.1 Å². The molecule has 0 saturated carbocycles. The lowest BCUT2D eigenvalue weighted by atomic mass is 10.2. The first-order chi connectivity index (χ1) is 9.65. The number of hydrogen-bond acceptors (Lipinski definition) is 5. The molecule has 0 spiro atoms. The number of carboxylic acid groups (broad SMARTS) is 1. The Labute approximate surface area is 114 Å². The van der Waals surface area contributed by atoms with Crippen LogP contribution in [0.15, 0.2) is 42.7 Å². The van der Waals surface area contributed by atoms with Gasteiger partial charge in [-0.05, 0) is 30.3 Å². The number of aromatic carboxylic acids is 1. The Hall–Kier alpha value is -2.96. The van der Waals surface area contributed by atoms with Crippen LogP contribution >= 0.6 is 0 Å². The molecule has 0 aliphatic carbocycles. The summed E-state index contributed by atoms with van der Waals surface area (Å²) in [5.74, 6) is -0.824. The van der Waals surface area contributed by atoms with Crippen LogP contribution in [0.1, 0.15) is 10.4 Å². The first-order valence-electron chi connectivity index (χ1n) is 5.68. The second kappa shape index (κ2) is 6.28. The largest absolute Gasteiger partial charge is 0.484 e. The molecule has 7 heteroatoms. The SMILES string of the molecule is O=C(COc1ccc(C(=O)O)cc1)Nc1ncccn1. The molecule has 0 aliphatic heterocycles. The summed E-state index contributed by atoms with van der Waals surface area (Å²) < 4.78 is 5.21. The molecule has 0 bridgehead atoms. The zero-order chi connectivity index (χ0) is 14.4. The highest BCUT2D eigenvalue weighted by atomic mass is 16.5. The van der Waals surface area contributed by atoms with Gasteiger partial charge in [0.25, 0.3) is 5.91 Å². The average molecular weight is 273 g/mol. The maximum absolute atomic E-state index is 11.6. The summed E-state index contributed by atoms with van der Waals surface area (Å²) in [4.78, 5) is 29.9. The standard InChI is InChI=1S/C13H11N3O4/c17-11(16-13-14-6-1-7-15-13)8-20-10-4-2-9(3-5-10)12(18)19/h1-7H,8H2,(H,18,19)(H,14,15,16,17). The molecule has 7 nitrogen and oxygen atoms in total. The van der Waals surface area contributed by atoms with Gasteiger partial charge in [-0.2, -0.15) is 0 Å². The van der Waals surface area contributed by atoms with E-state index >= 15 is 0 Å². The first kappa shape index (κ1) is 13.5. The summed E-state index contributed by atoms with van der Waals surface area (Å²) in [6.07, 6.45) is 3.02. The van der Waals surface area contributed by atoms with Gasteiger partial charge < -0.3 is 9.84 Å². The van der Waals surface area contributed by atoms with Crippen molar-refractivity contribution in [3.8, 4) is 5.75 Å². The van der Waals surface area contributed by atoms with E-state index in [0.717, 1.165) is 0 Å². The molecule has 0 saturated heterocycles. The van der Waals surface area contributed by atoms with Crippen molar-refractivity contribution in [1.82, 2.24) is 9.97 Å².